The molecule has 0 rings (SSSR count). The molecule has 0 unspecified atom stereocenters. The Balaban J connectivity index is 4.23. The Hall–Kier alpha value is 0.430. The molecule has 0 aliphatic rings. The highest BCUT2D eigenvalue weighted by atomic mass is 31.2. The molecule has 0 aliphatic heterocycles. The number of hydrogen-bond acceptors (Lipinski definition) is 0. The molecule has 0 amide bonds. The van der Waals surface area contributed by atoms with E-state index in [0.29, 0.717) is 0 Å². The third-order valence-corrected chi connectivity index (χ3v) is 11.8. The van der Waals surface area contributed by atoms with E-state index in [1.807, 2.05) is 0 Å². The Bertz CT molecular complexity index is 233. The van der Waals surface area contributed by atoms with E-state index in [2.05, 4.69) is 27.7 Å². The second kappa shape index (κ2) is 21.1. The van der Waals surface area contributed by atoms with Gasteiger partial charge in [-0.3, -0.25) is 0 Å². The number of unbranched alkanes of at least 4 members (excludes halogenated alkanes) is 15. The minimum absolute atomic E-state index is 0.644. The van der Waals surface area contributed by atoms with Gasteiger partial charge < -0.3 is 0 Å². The van der Waals surface area contributed by atoms with Crippen LogP contribution in [0.3, 0.4) is 0 Å². The molecule has 0 aromatic rings. The monoisotopic (exact) mass is 399 g/mol. The third kappa shape index (κ3) is 17.0. The number of rotatable bonds is 22. The van der Waals surface area contributed by atoms with Crippen molar-refractivity contribution in [3.05, 3.63) is 0 Å². The average Bonchev–Trinajstić information content (AvgIpc) is 2.69. The van der Waals surface area contributed by atoms with Gasteiger partial charge in [-0.15, -0.1) is 0 Å². The standard InChI is InChI=1S/C26H56P/c1-5-9-12-15-18-21-24-27(8-4,25-22-19-16-13-10-6-2)26-23-20-17-14-11-7-3/h5-26H2,1-4H3/q+1. The van der Waals surface area contributed by atoms with Crippen molar-refractivity contribution in [2.24, 2.45) is 0 Å². The summed E-state index contributed by atoms with van der Waals surface area (Å²) in [5.74, 6) is 0. The van der Waals surface area contributed by atoms with Gasteiger partial charge in [0, 0.05) is 7.26 Å². The van der Waals surface area contributed by atoms with Gasteiger partial charge in [0.05, 0.1) is 24.6 Å². The largest absolute Gasteiger partial charge is 0.0654 e. The van der Waals surface area contributed by atoms with Crippen LogP contribution in [0.15, 0.2) is 0 Å². The average molecular weight is 400 g/mol. The smallest absolute Gasteiger partial charge is 0.0594 e. The van der Waals surface area contributed by atoms with Crippen LogP contribution in [0.5, 0.6) is 0 Å². The molecular weight excluding hydrogens is 343 g/mol. The van der Waals surface area contributed by atoms with E-state index < -0.39 is 7.26 Å². The van der Waals surface area contributed by atoms with Crippen molar-refractivity contribution in [1.82, 2.24) is 0 Å². The zero-order valence-electron chi connectivity index (χ0n) is 20.0. The first-order valence-electron chi connectivity index (χ1n) is 13.1. The first-order valence-corrected chi connectivity index (χ1v) is 15.6. The van der Waals surface area contributed by atoms with Crippen LogP contribution in [0, 0.1) is 0 Å². The molecule has 0 bridgehead atoms. The molecule has 0 heterocycles. The minimum Gasteiger partial charge on any atom is -0.0654 e. The summed E-state index contributed by atoms with van der Waals surface area (Å²) in [6.07, 6.45) is 32.9. The van der Waals surface area contributed by atoms with Crippen molar-refractivity contribution in [1.29, 1.82) is 0 Å². The fourth-order valence-corrected chi connectivity index (χ4v) is 8.80. The molecule has 27 heavy (non-hydrogen) atoms. The van der Waals surface area contributed by atoms with E-state index in [9.17, 15) is 0 Å². The normalized spacial score (nSPS) is 12.0. The van der Waals surface area contributed by atoms with Gasteiger partial charge in [-0.25, -0.2) is 0 Å². The Morgan fingerprint density at radius 1 is 0.333 bits per heavy atom. The maximum atomic E-state index is 2.54. The first-order chi connectivity index (χ1) is 13.2. The molecule has 0 aromatic carbocycles. The van der Waals surface area contributed by atoms with Crippen LogP contribution in [0.4, 0.5) is 0 Å². The van der Waals surface area contributed by atoms with Gasteiger partial charge in [-0.1, -0.05) is 97.8 Å². The van der Waals surface area contributed by atoms with Crippen LogP contribution >= 0.6 is 7.26 Å². The molecule has 0 aliphatic carbocycles. The summed E-state index contributed by atoms with van der Waals surface area (Å²) in [5.41, 5.74) is 0. The van der Waals surface area contributed by atoms with Gasteiger partial charge in [-0.2, -0.15) is 0 Å². The highest BCUT2D eigenvalue weighted by Crippen LogP contribution is 2.60. The summed E-state index contributed by atoms with van der Waals surface area (Å²) < 4.78 is 0. The zero-order valence-corrected chi connectivity index (χ0v) is 20.9. The van der Waals surface area contributed by atoms with Crippen LogP contribution < -0.4 is 0 Å². The maximum absolute atomic E-state index is 2.54. The zero-order chi connectivity index (χ0) is 20.1. The van der Waals surface area contributed by atoms with E-state index >= 15 is 0 Å². The maximum Gasteiger partial charge on any atom is 0.0594 e. The summed E-state index contributed by atoms with van der Waals surface area (Å²) >= 11 is 0. The second-order valence-electron chi connectivity index (χ2n) is 9.13. The van der Waals surface area contributed by atoms with Gasteiger partial charge in [0.1, 0.15) is 0 Å². The minimum atomic E-state index is -0.644. The summed E-state index contributed by atoms with van der Waals surface area (Å²) in [6, 6.07) is 0. The molecule has 0 aromatic heterocycles. The van der Waals surface area contributed by atoms with Crippen LogP contribution in [-0.2, 0) is 0 Å². The van der Waals surface area contributed by atoms with E-state index in [4.69, 9.17) is 0 Å². The van der Waals surface area contributed by atoms with Crippen LogP contribution in [-0.4, -0.2) is 24.6 Å². The molecule has 0 saturated heterocycles. The van der Waals surface area contributed by atoms with Crippen LogP contribution in [0.25, 0.3) is 0 Å². The summed E-state index contributed by atoms with van der Waals surface area (Å²) in [5, 5.41) is 0. The van der Waals surface area contributed by atoms with Crippen molar-refractivity contribution < 1.29 is 0 Å². The Morgan fingerprint density at radius 2 is 0.593 bits per heavy atom. The van der Waals surface area contributed by atoms with Crippen molar-refractivity contribution in [3.63, 3.8) is 0 Å². The topological polar surface area (TPSA) is 0 Å². The second-order valence-corrected chi connectivity index (χ2v) is 13.8. The van der Waals surface area contributed by atoms with Crippen molar-refractivity contribution in [3.8, 4) is 0 Å². The highest BCUT2D eigenvalue weighted by Gasteiger charge is 2.33. The molecule has 1 heteroatoms. The lowest BCUT2D eigenvalue weighted by Gasteiger charge is -2.27. The Morgan fingerprint density at radius 3 is 0.852 bits per heavy atom. The lowest BCUT2D eigenvalue weighted by atomic mass is 10.1. The fraction of sp³-hybridized carbons (Fsp3) is 1.00. The van der Waals surface area contributed by atoms with Crippen molar-refractivity contribution in [2.45, 2.75) is 143 Å². The lowest BCUT2D eigenvalue weighted by molar-refractivity contribution is 0.615. The van der Waals surface area contributed by atoms with Gasteiger partial charge in [-0.05, 0) is 45.4 Å². The molecule has 164 valence electrons. The summed E-state index contributed by atoms with van der Waals surface area (Å²) in [6.45, 7) is 9.52. The molecule has 0 saturated carbocycles. The SMILES string of the molecule is CCCCCCCC[P+](CC)(CCCCCCCC)CCCCCCCC. The predicted molar refractivity (Wildman–Crippen MR) is 132 cm³/mol. The Kier molecular flexibility index (Phi) is 21.5. The molecule has 0 fully saturated rings. The summed E-state index contributed by atoms with van der Waals surface area (Å²) in [7, 11) is -0.644. The van der Waals surface area contributed by atoms with Crippen LogP contribution in [0.2, 0.25) is 0 Å². The molecule has 0 nitrogen and oxygen atoms in total. The molecule has 0 N–H and O–H groups in total. The summed E-state index contributed by atoms with van der Waals surface area (Å²) in [4.78, 5) is 0. The molecule has 0 spiro atoms. The molecule has 0 atom stereocenters. The van der Waals surface area contributed by atoms with Gasteiger partial charge >= 0.3 is 0 Å². The van der Waals surface area contributed by atoms with Crippen molar-refractivity contribution in [2.75, 3.05) is 24.6 Å². The molecular formula is C26H56P+. The van der Waals surface area contributed by atoms with Gasteiger partial charge in [0.15, 0.2) is 0 Å². The van der Waals surface area contributed by atoms with Crippen molar-refractivity contribution >= 4 is 7.26 Å². The predicted octanol–water partition coefficient (Wildman–Crippen LogP) is 10.1. The van der Waals surface area contributed by atoms with E-state index in [1.165, 1.54) is 122 Å². The quantitative estimate of drug-likeness (QED) is 0.125. The van der Waals surface area contributed by atoms with E-state index in [-0.39, 0.29) is 0 Å². The van der Waals surface area contributed by atoms with Crippen LogP contribution in [0.1, 0.15) is 143 Å². The first kappa shape index (κ1) is 27.4. The lowest BCUT2D eigenvalue weighted by Crippen LogP contribution is -2.11. The molecule has 0 radical (unpaired) electrons. The van der Waals surface area contributed by atoms with E-state index in [0.717, 1.165) is 0 Å². The van der Waals surface area contributed by atoms with Gasteiger partial charge in [0.2, 0.25) is 0 Å². The van der Waals surface area contributed by atoms with E-state index in [1.54, 1.807) is 18.5 Å². The fourth-order valence-electron chi connectivity index (χ4n) is 4.49. The Labute approximate surface area is 175 Å². The van der Waals surface area contributed by atoms with Gasteiger partial charge in [0.25, 0.3) is 0 Å². The third-order valence-electron chi connectivity index (χ3n) is 6.63. The number of hydrogen-bond donors (Lipinski definition) is 0. The highest BCUT2D eigenvalue weighted by molar-refractivity contribution is 7.75.